The Labute approximate surface area is 110 Å². The molecule has 0 atom stereocenters. The van der Waals surface area contributed by atoms with Gasteiger partial charge in [-0.3, -0.25) is 4.79 Å². The molecule has 0 radical (unpaired) electrons. The number of benzene rings is 1. The van der Waals surface area contributed by atoms with Gasteiger partial charge in [-0.05, 0) is 45.5 Å². The highest BCUT2D eigenvalue weighted by Crippen LogP contribution is 2.33. The largest absolute Gasteiger partial charge is 0.416 e. The van der Waals surface area contributed by atoms with E-state index in [-0.39, 0.29) is 11.3 Å². The fourth-order valence-corrected chi connectivity index (χ4v) is 1.41. The minimum Gasteiger partial charge on any atom is -0.324 e. The summed E-state index contributed by atoms with van der Waals surface area (Å²) in [7, 11) is 1.61. The third-order valence-electron chi connectivity index (χ3n) is 2.99. The van der Waals surface area contributed by atoms with Gasteiger partial charge in [-0.25, -0.2) is 0 Å². The van der Waals surface area contributed by atoms with Crippen LogP contribution in [-0.2, 0) is 11.0 Å². The summed E-state index contributed by atoms with van der Waals surface area (Å²) in [5.41, 5.74) is -1.35. The van der Waals surface area contributed by atoms with E-state index in [0.717, 1.165) is 6.07 Å². The van der Waals surface area contributed by atoms with E-state index in [1.807, 2.05) is 0 Å². The molecule has 1 aromatic rings. The van der Waals surface area contributed by atoms with E-state index >= 15 is 0 Å². The Morgan fingerprint density at radius 2 is 1.79 bits per heavy atom. The molecule has 0 fully saturated rings. The Balaban J connectivity index is 3.02. The molecule has 1 rings (SSSR count). The standard InChI is InChI=1S/C13H17F3N2O/c1-8-5-6-9(7-10(8)13(14,15)16)18-11(19)12(2,3)17-4/h5-7,17H,1-4H3,(H,18,19). The fourth-order valence-electron chi connectivity index (χ4n) is 1.41. The molecule has 1 aromatic carbocycles. The maximum atomic E-state index is 12.7. The van der Waals surface area contributed by atoms with Gasteiger partial charge < -0.3 is 10.6 Å². The molecule has 0 unspecified atom stereocenters. The van der Waals surface area contributed by atoms with E-state index in [0.29, 0.717) is 0 Å². The predicted octanol–water partition coefficient (Wildman–Crippen LogP) is 2.95. The van der Waals surface area contributed by atoms with Gasteiger partial charge in [-0.1, -0.05) is 6.07 Å². The maximum absolute atomic E-state index is 12.7. The van der Waals surface area contributed by atoms with Crippen LogP contribution in [0, 0.1) is 6.92 Å². The number of carbonyl (C=O) groups excluding carboxylic acids is 1. The quantitative estimate of drug-likeness (QED) is 0.889. The summed E-state index contributed by atoms with van der Waals surface area (Å²) >= 11 is 0. The molecule has 0 heterocycles. The second kappa shape index (κ2) is 5.21. The number of nitrogens with one attached hydrogen (secondary N) is 2. The third kappa shape index (κ3) is 3.70. The number of rotatable bonds is 3. The fraction of sp³-hybridized carbons (Fsp3) is 0.462. The van der Waals surface area contributed by atoms with Gasteiger partial charge in [0.05, 0.1) is 11.1 Å². The van der Waals surface area contributed by atoms with Crippen LogP contribution in [0.5, 0.6) is 0 Å². The number of aryl methyl sites for hydroxylation is 1. The van der Waals surface area contributed by atoms with Crippen molar-refractivity contribution in [3.8, 4) is 0 Å². The van der Waals surface area contributed by atoms with Gasteiger partial charge in [-0.2, -0.15) is 13.2 Å². The van der Waals surface area contributed by atoms with Crippen LogP contribution in [0.25, 0.3) is 0 Å². The first kappa shape index (κ1) is 15.5. The smallest absolute Gasteiger partial charge is 0.324 e. The van der Waals surface area contributed by atoms with Crippen LogP contribution in [0.1, 0.15) is 25.0 Å². The van der Waals surface area contributed by atoms with Gasteiger partial charge >= 0.3 is 6.18 Å². The van der Waals surface area contributed by atoms with Crippen molar-refractivity contribution in [3.63, 3.8) is 0 Å². The topological polar surface area (TPSA) is 41.1 Å². The van der Waals surface area contributed by atoms with Crippen molar-refractivity contribution < 1.29 is 18.0 Å². The molecule has 6 heteroatoms. The molecule has 0 saturated heterocycles. The third-order valence-corrected chi connectivity index (χ3v) is 2.99. The van der Waals surface area contributed by atoms with Crippen LogP contribution < -0.4 is 10.6 Å². The van der Waals surface area contributed by atoms with Crippen molar-refractivity contribution >= 4 is 11.6 Å². The minimum atomic E-state index is -4.43. The lowest BCUT2D eigenvalue weighted by Gasteiger charge is -2.23. The molecule has 0 bridgehead atoms. The lowest BCUT2D eigenvalue weighted by molar-refractivity contribution is -0.138. The number of hydrogen-bond donors (Lipinski definition) is 2. The van der Waals surface area contributed by atoms with E-state index in [9.17, 15) is 18.0 Å². The summed E-state index contributed by atoms with van der Waals surface area (Å²) in [5.74, 6) is -0.396. The first-order valence-corrected chi connectivity index (χ1v) is 5.76. The Kier molecular flexibility index (Phi) is 4.25. The summed E-state index contributed by atoms with van der Waals surface area (Å²) in [4.78, 5) is 11.9. The number of carbonyl (C=O) groups is 1. The van der Waals surface area contributed by atoms with E-state index < -0.39 is 23.2 Å². The Hall–Kier alpha value is -1.56. The molecular weight excluding hydrogens is 257 g/mol. The summed E-state index contributed by atoms with van der Waals surface area (Å²) in [6, 6.07) is 3.73. The lowest BCUT2D eigenvalue weighted by atomic mass is 10.0. The highest BCUT2D eigenvalue weighted by molar-refractivity contribution is 5.97. The van der Waals surface area contributed by atoms with Crippen molar-refractivity contribution in [2.45, 2.75) is 32.5 Å². The molecule has 3 nitrogen and oxygen atoms in total. The molecule has 19 heavy (non-hydrogen) atoms. The number of anilines is 1. The van der Waals surface area contributed by atoms with E-state index in [2.05, 4.69) is 10.6 Å². The second-order valence-corrected chi connectivity index (χ2v) is 4.86. The average Bonchev–Trinajstić information content (AvgIpc) is 2.30. The number of alkyl halides is 3. The van der Waals surface area contributed by atoms with E-state index in [4.69, 9.17) is 0 Å². The molecule has 0 aliphatic heterocycles. The van der Waals surface area contributed by atoms with Gasteiger partial charge in [0.2, 0.25) is 5.91 Å². The molecule has 0 spiro atoms. The number of likely N-dealkylation sites (N-methyl/N-ethyl adjacent to an activating group) is 1. The highest BCUT2D eigenvalue weighted by atomic mass is 19.4. The highest BCUT2D eigenvalue weighted by Gasteiger charge is 2.33. The van der Waals surface area contributed by atoms with Crippen molar-refractivity contribution in [1.29, 1.82) is 0 Å². The predicted molar refractivity (Wildman–Crippen MR) is 67.9 cm³/mol. The molecule has 2 N–H and O–H groups in total. The molecule has 0 aliphatic carbocycles. The van der Waals surface area contributed by atoms with Crippen LogP contribution in [0.4, 0.5) is 18.9 Å². The van der Waals surface area contributed by atoms with Crippen molar-refractivity contribution in [3.05, 3.63) is 29.3 Å². The van der Waals surface area contributed by atoms with Gasteiger partial charge in [-0.15, -0.1) is 0 Å². The maximum Gasteiger partial charge on any atom is 0.416 e. The molecular formula is C13H17F3N2O. The summed E-state index contributed by atoms with van der Waals surface area (Å²) in [5, 5.41) is 5.25. The number of halogens is 3. The summed E-state index contributed by atoms with van der Waals surface area (Å²) in [6.45, 7) is 4.66. The minimum absolute atomic E-state index is 0.123. The Bertz CT molecular complexity index is 481. The second-order valence-electron chi connectivity index (χ2n) is 4.86. The monoisotopic (exact) mass is 274 g/mol. The zero-order valence-corrected chi connectivity index (χ0v) is 11.3. The van der Waals surface area contributed by atoms with Crippen LogP contribution in [0.2, 0.25) is 0 Å². The van der Waals surface area contributed by atoms with Crippen molar-refractivity contribution in [1.82, 2.24) is 5.32 Å². The average molecular weight is 274 g/mol. The zero-order chi connectivity index (χ0) is 14.8. The van der Waals surface area contributed by atoms with Crippen LogP contribution >= 0.6 is 0 Å². The molecule has 106 valence electrons. The molecule has 0 aliphatic rings. The van der Waals surface area contributed by atoms with Crippen LogP contribution in [-0.4, -0.2) is 18.5 Å². The Morgan fingerprint density at radius 1 is 1.21 bits per heavy atom. The number of amides is 1. The Morgan fingerprint density at radius 3 is 2.26 bits per heavy atom. The zero-order valence-electron chi connectivity index (χ0n) is 11.3. The van der Waals surface area contributed by atoms with Gasteiger partial charge in [0.1, 0.15) is 0 Å². The summed E-state index contributed by atoms with van der Waals surface area (Å²) in [6.07, 6.45) is -4.43. The lowest BCUT2D eigenvalue weighted by Crippen LogP contribution is -2.47. The first-order valence-electron chi connectivity index (χ1n) is 5.76. The van der Waals surface area contributed by atoms with Crippen LogP contribution in [0.3, 0.4) is 0 Å². The molecule has 0 saturated carbocycles. The number of hydrogen-bond acceptors (Lipinski definition) is 2. The van der Waals surface area contributed by atoms with Gasteiger partial charge in [0.15, 0.2) is 0 Å². The first-order chi connectivity index (χ1) is 8.58. The molecule has 0 aromatic heterocycles. The SMILES string of the molecule is CNC(C)(C)C(=O)Nc1ccc(C)c(C(F)(F)F)c1. The van der Waals surface area contributed by atoms with Crippen molar-refractivity contribution in [2.75, 3.05) is 12.4 Å². The molecule has 1 amide bonds. The van der Waals surface area contributed by atoms with Gasteiger partial charge in [0, 0.05) is 5.69 Å². The van der Waals surface area contributed by atoms with Crippen LogP contribution in [0.15, 0.2) is 18.2 Å². The van der Waals surface area contributed by atoms with E-state index in [1.54, 1.807) is 20.9 Å². The normalized spacial score (nSPS) is 12.4. The van der Waals surface area contributed by atoms with Gasteiger partial charge in [0.25, 0.3) is 0 Å². The summed E-state index contributed by atoms with van der Waals surface area (Å²) < 4.78 is 38.2. The van der Waals surface area contributed by atoms with E-state index in [1.165, 1.54) is 19.1 Å². The van der Waals surface area contributed by atoms with Crippen molar-refractivity contribution in [2.24, 2.45) is 0 Å².